The van der Waals surface area contributed by atoms with Gasteiger partial charge in [0.1, 0.15) is 0 Å². The smallest absolute Gasteiger partial charge is 0.262 e. The van der Waals surface area contributed by atoms with Crippen LogP contribution in [-0.2, 0) is 14.3 Å². The fourth-order valence-electron chi connectivity index (χ4n) is 1.74. The van der Waals surface area contributed by atoms with Crippen molar-refractivity contribution in [3.63, 3.8) is 0 Å². The van der Waals surface area contributed by atoms with Crippen LogP contribution in [0.3, 0.4) is 0 Å². The maximum Gasteiger partial charge on any atom is 0.297 e. The first-order chi connectivity index (χ1) is 9.95. The van der Waals surface area contributed by atoms with E-state index in [2.05, 4.69) is 13.5 Å². The Morgan fingerprint density at radius 3 is 2.52 bits per heavy atom. The lowest BCUT2D eigenvalue weighted by Crippen LogP contribution is -2.08. The predicted octanol–water partition coefficient (Wildman–Crippen LogP) is 4.39. The Bertz CT molecular complexity index is 569. The molecule has 21 heavy (non-hydrogen) atoms. The van der Waals surface area contributed by atoms with E-state index in [4.69, 9.17) is 4.18 Å². The van der Waals surface area contributed by atoms with Gasteiger partial charge >= 0.3 is 0 Å². The monoisotopic (exact) mass is 308 g/mol. The third kappa shape index (κ3) is 6.74. The maximum atomic E-state index is 12.0. The highest BCUT2D eigenvalue weighted by Gasteiger charge is 2.14. The van der Waals surface area contributed by atoms with Crippen LogP contribution in [0.25, 0.3) is 0 Å². The second-order valence-corrected chi connectivity index (χ2v) is 6.70. The second-order valence-electron chi connectivity index (χ2n) is 5.09. The van der Waals surface area contributed by atoms with Crippen molar-refractivity contribution in [1.29, 1.82) is 0 Å². The van der Waals surface area contributed by atoms with Gasteiger partial charge in [0.15, 0.2) is 0 Å². The Labute approximate surface area is 128 Å². The van der Waals surface area contributed by atoms with E-state index in [0.717, 1.165) is 18.4 Å². The van der Waals surface area contributed by atoms with Crippen LogP contribution in [0.5, 0.6) is 0 Å². The van der Waals surface area contributed by atoms with Crippen LogP contribution in [0.1, 0.15) is 38.2 Å². The molecule has 116 valence electrons. The fourth-order valence-corrected chi connectivity index (χ4v) is 2.65. The highest BCUT2D eigenvalue weighted by Crippen LogP contribution is 2.14. The lowest BCUT2D eigenvalue weighted by Gasteiger charge is -2.06. The summed E-state index contributed by atoms with van der Waals surface area (Å²) in [4.78, 5) is 0.174. The Hall–Kier alpha value is -1.39. The van der Waals surface area contributed by atoms with E-state index in [-0.39, 0.29) is 11.5 Å². The van der Waals surface area contributed by atoms with E-state index in [9.17, 15) is 8.42 Å². The normalized spacial score (nSPS) is 11.9. The summed E-state index contributed by atoms with van der Waals surface area (Å²) in [5, 5.41) is 0. The molecule has 0 saturated heterocycles. The molecule has 0 atom stereocenters. The molecule has 0 saturated carbocycles. The van der Waals surface area contributed by atoms with Crippen LogP contribution in [0.2, 0.25) is 0 Å². The van der Waals surface area contributed by atoms with Gasteiger partial charge in [0, 0.05) is 0 Å². The molecule has 0 fully saturated rings. The molecule has 0 amide bonds. The largest absolute Gasteiger partial charge is 0.297 e. The van der Waals surface area contributed by atoms with Gasteiger partial charge in [-0.15, -0.1) is 0 Å². The van der Waals surface area contributed by atoms with Gasteiger partial charge in [-0.2, -0.15) is 8.42 Å². The van der Waals surface area contributed by atoms with Crippen LogP contribution in [0.15, 0.2) is 53.5 Å². The fraction of sp³-hybridized carbons (Fsp3) is 0.412. The molecule has 0 aromatic heterocycles. The first-order valence-corrected chi connectivity index (χ1v) is 8.67. The first-order valence-electron chi connectivity index (χ1n) is 7.26. The van der Waals surface area contributed by atoms with Crippen molar-refractivity contribution in [2.75, 3.05) is 6.61 Å². The Balaban J connectivity index is 2.46. The van der Waals surface area contributed by atoms with Gasteiger partial charge in [0.05, 0.1) is 11.5 Å². The van der Waals surface area contributed by atoms with Crippen LogP contribution in [0.4, 0.5) is 0 Å². The molecule has 1 aromatic rings. The molecular weight excluding hydrogens is 284 g/mol. The number of hydrogen-bond donors (Lipinski definition) is 0. The summed E-state index contributed by atoms with van der Waals surface area (Å²) in [6.07, 6.45) is 8.36. The maximum absolute atomic E-state index is 12.0. The van der Waals surface area contributed by atoms with Crippen molar-refractivity contribution in [1.82, 2.24) is 0 Å². The Kier molecular flexibility index (Phi) is 7.40. The molecule has 0 aliphatic carbocycles. The highest BCUT2D eigenvalue weighted by atomic mass is 32.2. The van der Waals surface area contributed by atoms with Crippen molar-refractivity contribution in [2.24, 2.45) is 0 Å². The zero-order valence-electron chi connectivity index (χ0n) is 12.8. The third-order valence-corrected chi connectivity index (χ3v) is 4.31. The van der Waals surface area contributed by atoms with E-state index in [1.54, 1.807) is 24.3 Å². The van der Waals surface area contributed by atoms with E-state index in [1.807, 2.05) is 19.1 Å². The van der Waals surface area contributed by atoms with Gasteiger partial charge in [-0.1, -0.05) is 56.2 Å². The van der Waals surface area contributed by atoms with E-state index < -0.39 is 10.1 Å². The van der Waals surface area contributed by atoms with Gasteiger partial charge in [-0.25, -0.2) is 0 Å². The van der Waals surface area contributed by atoms with Gasteiger partial charge in [-0.3, -0.25) is 4.18 Å². The zero-order chi connectivity index (χ0) is 15.7. The molecule has 0 unspecified atom stereocenters. The summed E-state index contributed by atoms with van der Waals surface area (Å²) in [5.41, 5.74) is 1.66. The van der Waals surface area contributed by atoms with Crippen molar-refractivity contribution < 1.29 is 12.6 Å². The van der Waals surface area contributed by atoms with Crippen LogP contribution >= 0.6 is 0 Å². The van der Waals surface area contributed by atoms with E-state index in [1.165, 1.54) is 12.8 Å². The quantitative estimate of drug-likeness (QED) is 0.386. The van der Waals surface area contributed by atoms with Crippen molar-refractivity contribution in [2.45, 2.75) is 44.4 Å². The molecule has 4 heteroatoms. The van der Waals surface area contributed by atoms with Crippen LogP contribution < -0.4 is 0 Å². The number of rotatable bonds is 9. The minimum absolute atomic E-state index is 0.0134. The van der Waals surface area contributed by atoms with Crippen molar-refractivity contribution in [3.8, 4) is 0 Å². The molecule has 1 rings (SSSR count). The number of allylic oxidation sites excluding steroid dienone is 1. The molecule has 1 aromatic carbocycles. The third-order valence-electron chi connectivity index (χ3n) is 3.04. The SMILES string of the molecule is C=C(/C=C/CCCCC)COS(=O)(=O)c1ccc(C)cc1. The average Bonchev–Trinajstić information content (AvgIpc) is 2.45. The summed E-state index contributed by atoms with van der Waals surface area (Å²) >= 11 is 0. The standard InChI is InChI=1S/C17H24O3S/c1-4-5-6-7-8-9-16(3)14-20-21(18,19)17-12-10-15(2)11-13-17/h8-13H,3-7,14H2,1-2H3/b9-8+. The van der Waals surface area contributed by atoms with E-state index >= 15 is 0 Å². The number of hydrogen-bond acceptors (Lipinski definition) is 3. The summed E-state index contributed by atoms with van der Waals surface area (Å²) in [6, 6.07) is 6.60. The molecule has 0 N–H and O–H groups in total. The Morgan fingerprint density at radius 2 is 1.90 bits per heavy atom. The topological polar surface area (TPSA) is 43.4 Å². The molecule has 0 aliphatic rings. The first kappa shape index (κ1) is 17.7. The lowest BCUT2D eigenvalue weighted by molar-refractivity contribution is 0.351. The molecular formula is C17H24O3S. The lowest BCUT2D eigenvalue weighted by atomic mass is 10.2. The average molecular weight is 308 g/mol. The molecule has 0 heterocycles. The molecule has 0 spiro atoms. The predicted molar refractivity (Wildman–Crippen MR) is 86.7 cm³/mol. The van der Waals surface area contributed by atoms with Crippen LogP contribution in [-0.4, -0.2) is 15.0 Å². The second kappa shape index (κ2) is 8.80. The summed E-state index contributed by atoms with van der Waals surface area (Å²) in [6.45, 7) is 7.86. The molecule has 0 radical (unpaired) electrons. The van der Waals surface area contributed by atoms with Crippen LogP contribution in [0, 0.1) is 6.92 Å². The summed E-state index contributed by atoms with van der Waals surface area (Å²) in [5.74, 6) is 0. The number of benzene rings is 1. The molecule has 0 aliphatic heterocycles. The summed E-state index contributed by atoms with van der Waals surface area (Å²) < 4.78 is 29.0. The van der Waals surface area contributed by atoms with Crippen molar-refractivity contribution >= 4 is 10.1 Å². The highest BCUT2D eigenvalue weighted by molar-refractivity contribution is 7.86. The minimum Gasteiger partial charge on any atom is -0.262 e. The minimum atomic E-state index is -3.71. The van der Waals surface area contributed by atoms with Gasteiger partial charge in [-0.05, 0) is 37.5 Å². The van der Waals surface area contributed by atoms with Crippen molar-refractivity contribution in [3.05, 3.63) is 54.1 Å². The molecule has 0 bridgehead atoms. The number of aryl methyl sites for hydroxylation is 1. The van der Waals surface area contributed by atoms with E-state index in [0.29, 0.717) is 5.57 Å². The van der Waals surface area contributed by atoms with Gasteiger partial charge in [0.2, 0.25) is 0 Å². The summed E-state index contributed by atoms with van der Waals surface area (Å²) in [7, 11) is -3.71. The molecule has 3 nitrogen and oxygen atoms in total. The Morgan fingerprint density at radius 1 is 1.24 bits per heavy atom. The van der Waals surface area contributed by atoms with Gasteiger partial charge < -0.3 is 0 Å². The van der Waals surface area contributed by atoms with Gasteiger partial charge in [0.25, 0.3) is 10.1 Å². The zero-order valence-corrected chi connectivity index (χ0v) is 13.7. The number of unbranched alkanes of at least 4 members (excludes halogenated alkanes) is 3.